The van der Waals surface area contributed by atoms with Gasteiger partial charge in [0.15, 0.2) is 15.8 Å². The lowest BCUT2D eigenvalue weighted by Crippen LogP contribution is -2.41. The van der Waals surface area contributed by atoms with Crippen LogP contribution in [-0.2, 0) is 16.3 Å². The van der Waals surface area contributed by atoms with Crippen molar-refractivity contribution in [2.24, 2.45) is 4.99 Å². The molecule has 0 bridgehead atoms. The predicted octanol–water partition coefficient (Wildman–Crippen LogP) is 1.91. The number of thiophene rings is 1. The Kier molecular flexibility index (Phi) is 5.95. The standard InChI is InChI=1S/C18H23N3O3S2/c1-2-19-18(21-10-9-14-6-3-4-7-16(14)21)20-12-15(22)13-26(23,24)17-8-5-11-25-17/h3-8,11,15,22H,2,9-10,12-13H2,1H3,(H,19,20). The van der Waals surface area contributed by atoms with Crippen molar-refractivity contribution in [3.8, 4) is 0 Å². The van der Waals surface area contributed by atoms with Gasteiger partial charge in [-0.15, -0.1) is 11.3 Å². The number of fused-ring (bicyclic) bond motifs is 1. The molecule has 0 spiro atoms. The molecule has 6 nitrogen and oxygen atoms in total. The third-order valence-electron chi connectivity index (χ3n) is 4.14. The second-order valence-electron chi connectivity index (χ2n) is 6.09. The number of aliphatic hydroxyl groups is 1. The Morgan fingerprint density at radius 2 is 2.15 bits per heavy atom. The largest absolute Gasteiger partial charge is 0.390 e. The van der Waals surface area contributed by atoms with E-state index in [2.05, 4.69) is 21.3 Å². The second kappa shape index (κ2) is 8.20. The molecule has 1 unspecified atom stereocenters. The van der Waals surface area contributed by atoms with Crippen molar-refractivity contribution in [2.45, 2.75) is 23.7 Å². The molecule has 140 valence electrons. The molecule has 26 heavy (non-hydrogen) atoms. The maximum absolute atomic E-state index is 12.3. The second-order valence-corrected chi connectivity index (χ2v) is 9.30. The highest BCUT2D eigenvalue weighted by molar-refractivity contribution is 7.93. The molecule has 2 heterocycles. The fourth-order valence-corrected chi connectivity index (χ4v) is 5.44. The van der Waals surface area contributed by atoms with Gasteiger partial charge in [-0.2, -0.15) is 0 Å². The smallest absolute Gasteiger partial charge is 0.198 e. The number of benzene rings is 1. The highest BCUT2D eigenvalue weighted by Gasteiger charge is 2.24. The summed E-state index contributed by atoms with van der Waals surface area (Å²) in [6.07, 6.45) is -0.107. The zero-order valence-corrected chi connectivity index (χ0v) is 16.3. The van der Waals surface area contributed by atoms with Gasteiger partial charge in [0.1, 0.15) is 4.21 Å². The van der Waals surface area contributed by atoms with Crippen molar-refractivity contribution in [1.29, 1.82) is 0 Å². The molecule has 1 aromatic heterocycles. The van der Waals surface area contributed by atoms with Crippen molar-refractivity contribution >= 4 is 32.8 Å². The van der Waals surface area contributed by atoms with Gasteiger partial charge in [-0.05, 0) is 36.4 Å². The Morgan fingerprint density at radius 1 is 1.35 bits per heavy atom. The average Bonchev–Trinajstić information content (AvgIpc) is 3.28. The zero-order chi connectivity index (χ0) is 18.6. The summed E-state index contributed by atoms with van der Waals surface area (Å²) in [5, 5.41) is 15.2. The first-order valence-electron chi connectivity index (χ1n) is 8.59. The van der Waals surface area contributed by atoms with Gasteiger partial charge in [-0.3, -0.25) is 4.99 Å². The van der Waals surface area contributed by atoms with Crippen LogP contribution in [0.25, 0.3) is 0 Å². The van der Waals surface area contributed by atoms with E-state index in [0.29, 0.717) is 12.5 Å². The van der Waals surface area contributed by atoms with Crippen LogP contribution in [0, 0.1) is 0 Å². The van der Waals surface area contributed by atoms with E-state index in [0.717, 1.165) is 30.0 Å². The predicted molar refractivity (Wildman–Crippen MR) is 106 cm³/mol. The summed E-state index contributed by atoms with van der Waals surface area (Å²) < 4.78 is 24.8. The lowest BCUT2D eigenvalue weighted by molar-refractivity contribution is 0.206. The molecule has 0 aliphatic carbocycles. The highest BCUT2D eigenvalue weighted by atomic mass is 32.2. The zero-order valence-electron chi connectivity index (χ0n) is 14.6. The van der Waals surface area contributed by atoms with E-state index in [1.54, 1.807) is 17.5 Å². The first-order chi connectivity index (χ1) is 12.5. The van der Waals surface area contributed by atoms with Gasteiger partial charge in [0.2, 0.25) is 0 Å². The maximum Gasteiger partial charge on any atom is 0.198 e. The molecule has 0 radical (unpaired) electrons. The Labute approximate surface area is 158 Å². The highest BCUT2D eigenvalue weighted by Crippen LogP contribution is 2.27. The number of sulfone groups is 1. The molecule has 0 saturated carbocycles. The number of guanidine groups is 1. The fraction of sp³-hybridized carbons (Fsp3) is 0.389. The minimum Gasteiger partial charge on any atom is -0.390 e. The fourth-order valence-electron chi connectivity index (χ4n) is 2.97. The average molecular weight is 394 g/mol. The molecule has 0 fully saturated rings. The first kappa shape index (κ1) is 18.9. The van der Waals surface area contributed by atoms with E-state index in [-0.39, 0.29) is 16.5 Å². The number of nitrogens with zero attached hydrogens (tertiary/aromatic N) is 2. The molecule has 1 aromatic carbocycles. The minimum absolute atomic E-state index is 0.0333. The van der Waals surface area contributed by atoms with Gasteiger partial charge in [-0.1, -0.05) is 24.3 Å². The summed E-state index contributed by atoms with van der Waals surface area (Å²) in [5.41, 5.74) is 2.37. The Bertz CT molecular complexity index is 864. The number of rotatable bonds is 6. The Balaban J connectivity index is 1.70. The number of nitrogens with one attached hydrogen (secondary N) is 1. The molecule has 1 aliphatic heterocycles. The van der Waals surface area contributed by atoms with Gasteiger partial charge < -0.3 is 15.3 Å². The number of aliphatic hydroxyl groups excluding tert-OH is 1. The summed E-state index contributed by atoms with van der Waals surface area (Å²) >= 11 is 1.16. The van der Waals surface area contributed by atoms with Crippen molar-refractivity contribution in [2.75, 3.05) is 30.3 Å². The van der Waals surface area contributed by atoms with E-state index < -0.39 is 15.9 Å². The van der Waals surface area contributed by atoms with Gasteiger partial charge in [0.25, 0.3) is 0 Å². The van der Waals surface area contributed by atoms with Crippen LogP contribution in [0.2, 0.25) is 0 Å². The summed E-state index contributed by atoms with van der Waals surface area (Å²) in [6, 6.07) is 11.4. The van der Waals surface area contributed by atoms with E-state index in [1.807, 2.05) is 25.1 Å². The van der Waals surface area contributed by atoms with E-state index >= 15 is 0 Å². The lowest BCUT2D eigenvalue weighted by Gasteiger charge is -2.22. The number of hydrogen-bond donors (Lipinski definition) is 2. The molecule has 0 saturated heterocycles. The topological polar surface area (TPSA) is 82.0 Å². The molecule has 2 N–H and O–H groups in total. The summed E-state index contributed by atoms with van der Waals surface area (Å²) in [7, 11) is -3.48. The molecule has 3 rings (SSSR count). The lowest BCUT2D eigenvalue weighted by atomic mass is 10.2. The maximum atomic E-state index is 12.3. The molecule has 0 amide bonds. The molecular weight excluding hydrogens is 370 g/mol. The van der Waals surface area contributed by atoms with Crippen LogP contribution in [0.5, 0.6) is 0 Å². The summed E-state index contributed by atoms with van der Waals surface area (Å²) in [4.78, 5) is 6.56. The molecular formula is C18H23N3O3S2. The molecule has 2 aromatic rings. The number of hydrogen-bond acceptors (Lipinski definition) is 5. The van der Waals surface area contributed by atoms with Crippen molar-refractivity contribution in [1.82, 2.24) is 5.32 Å². The minimum atomic E-state index is -3.48. The molecule has 1 aliphatic rings. The van der Waals surface area contributed by atoms with Crippen molar-refractivity contribution in [3.05, 3.63) is 47.3 Å². The van der Waals surface area contributed by atoms with E-state index in [4.69, 9.17) is 0 Å². The Hall–Kier alpha value is -1.90. The van der Waals surface area contributed by atoms with Gasteiger partial charge in [0, 0.05) is 18.8 Å². The van der Waals surface area contributed by atoms with Gasteiger partial charge >= 0.3 is 0 Å². The van der Waals surface area contributed by atoms with Crippen LogP contribution in [0.3, 0.4) is 0 Å². The van der Waals surface area contributed by atoms with Crippen LogP contribution in [-0.4, -0.2) is 51.0 Å². The van der Waals surface area contributed by atoms with Gasteiger partial charge in [-0.25, -0.2) is 8.42 Å². The van der Waals surface area contributed by atoms with Crippen LogP contribution in [0.4, 0.5) is 5.69 Å². The Morgan fingerprint density at radius 3 is 2.88 bits per heavy atom. The molecule has 8 heteroatoms. The SMILES string of the molecule is CCNC(=NCC(O)CS(=O)(=O)c1cccs1)N1CCc2ccccc21. The van der Waals surface area contributed by atoms with Crippen LogP contribution >= 0.6 is 11.3 Å². The van der Waals surface area contributed by atoms with Crippen molar-refractivity contribution in [3.63, 3.8) is 0 Å². The first-order valence-corrected chi connectivity index (χ1v) is 11.1. The van der Waals surface area contributed by atoms with E-state index in [1.165, 1.54) is 5.56 Å². The number of para-hydroxylation sites is 1. The third-order valence-corrected chi connectivity index (χ3v) is 7.43. The van der Waals surface area contributed by atoms with Crippen LogP contribution in [0.15, 0.2) is 51.0 Å². The normalized spacial score (nSPS) is 15.8. The van der Waals surface area contributed by atoms with Gasteiger partial charge in [0.05, 0.1) is 18.4 Å². The summed E-state index contributed by atoms with van der Waals surface area (Å²) in [6.45, 7) is 3.52. The number of aliphatic imine (C=N–C) groups is 1. The third kappa shape index (κ3) is 4.25. The van der Waals surface area contributed by atoms with E-state index in [9.17, 15) is 13.5 Å². The monoisotopic (exact) mass is 393 g/mol. The quantitative estimate of drug-likeness (QED) is 0.579. The van der Waals surface area contributed by atoms with Crippen molar-refractivity contribution < 1.29 is 13.5 Å². The summed E-state index contributed by atoms with van der Waals surface area (Å²) in [5.74, 6) is 0.345. The molecule has 1 atom stereocenters. The van der Waals surface area contributed by atoms with Crippen LogP contribution < -0.4 is 10.2 Å². The number of anilines is 1. The van der Waals surface area contributed by atoms with Crippen LogP contribution in [0.1, 0.15) is 12.5 Å².